The average molecular weight is 382 g/mol. The molecule has 0 amide bonds. The van der Waals surface area contributed by atoms with Crippen LogP contribution in [-0.2, 0) is 19.6 Å². The van der Waals surface area contributed by atoms with Crippen molar-refractivity contribution in [2.75, 3.05) is 18.0 Å². The molecule has 0 N–H and O–H groups in total. The zero-order valence-corrected chi connectivity index (χ0v) is 14.7. The lowest BCUT2D eigenvalue weighted by Gasteiger charge is -2.23. The van der Waals surface area contributed by atoms with Crippen molar-refractivity contribution in [2.45, 2.75) is 11.8 Å². The van der Waals surface area contributed by atoms with Crippen molar-refractivity contribution in [3.8, 4) is 0 Å². The maximum Gasteiger partial charge on any atom is 0.326 e. The first-order chi connectivity index (χ1) is 12.2. The summed E-state index contributed by atoms with van der Waals surface area (Å²) in [5.74, 6) is -1.58. The third-order valence-electron chi connectivity index (χ3n) is 3.56. The number of esters is 1. The van der Waals surface area contributed by atoms with Crippen LogP contribution in [-0.4, -0.2) is 33.0 Å². The predicted molar refractivity (Wildman–Crippen MR) is 90.8 cm³/mol. The van der Waals surface area contributed by atoms with Gasteiger partial charge in [0.2, 0.25) is 0 Å². The van der Waals surface area contributed by atoms with E-state index in [2.05, 4.69) is 4.74 Å². The number of sulfonamides is 1. The number of benzene rings is 2. The largest absolute Gasteiger partial charge is 0.468 e. The van der Waals surface area contributed by atoms with Gasteiger partial charge in [-0.25, -0.2) is 12.8 Å². The molecule has 10 heteroatoms. The Hall–Kier alpha value is -3.01. The number of ether oxygens (including phenoxy) is 1. The first-order valence-corrected chi connectivity index (χ1v) is 8.71. The minimum absolute atomic E-state index is 0.112. The molecule has 0 aliphatic rings. The molecule has 0 aliphatic carbocycles. The fraction of sp³-hybridized carbons (Fsp3) is 0.188. The lowest BCUT2D eigenvalue weighted by molar-refractivity contribution is -0.385. The van der Waals surface area contributed by atoms with Gasteiger partial charge in [0.05, 0.1) is 22.6 Å². The van der Waals surface area contributed by atoms with Gasteiger partial charge in [-0.1, -0.05) is 12.1 Å². The number of carbonyl (C=O) groups is 1. The number of carbonyl (C=O) groups excluding carboxylic acids is 1. The highest BCUT2D eigenvalue weighted by molar-refractivity contribution is 7.92. The van der Waals surface area contributed by atoms with Crippen LogP contribution in [0.5, 0.6) is 0 Å². The van der Waals surface area contributed by atoms with E-state index in [1.165, 1.54) is 31.2 Å². The molecular weight excluding hydrogens is 367 g/mol. The highest BCUT2D eigenvalue weighted by Crippen LogP contribution is 2.28. The zero-order valence-electron chi connectivity index (χ0n) is 13.9. The molecule has 2 rings (SSSR count). The second-order valence-electron chi connectivity index (χ2n) is 5.27. The molecular formula is C16H15FN2O6S. The SMILES string of the molecule is COC(=O)CN(c1cccc(F)c1)S(=O)(=O)c1ccc(C)c([N+](=O)[O-])c1. The van der Waals surface area contributed by atoms with E-state index >= 15 is 0 Å². The highest BCUT2D eigenvalue weighted by atomic mass is 32.2. The molecule has 26 heavy (non-hydrogen) atoms. The summed E-state index contributed by atoms with van der Waals surface area (Å²) >= 11 is 0. The number of nitro groups is 1. The summed E-state index contributed by atoms with van der Waals surface area (Å²) in [5, 5.41) is 11.1. The lowest BCUT2D eigenvalue weighted by atomic mass is 10.2. The fourth-order valence-electron chi connectivity index (χ4n) is 2.20. The summed E-state index contributed by atoms with van der Waals surface area (Å²) in [6.45, 7) is 0.747. The molecule has 0 heterocycles. The molecule has 0 bridgehead atoms. The first kappa shape index (κ1) is 19.3. The Kier molecular flexibility index (Phi) is 5.56. The smallest absolute Gasteiger partial charge is 0.326 e. The van der Waals surface area contributed by atoms with Crippen LogP contribution in [0.15, 0.2) is 47.4 Å². The number of anilines is 1. The van der Waals surface area contributed by atoms with Gasteiger partial charge in [0.25, 0.3) is 15.7 Å². The third-order valence-corrected chi connectivity index (χ3v) is 5.33. The van der Waals surface area contributed by atoms with Crippen molar-refractivity contribution in [3.63, 3.8) is 0 Å². The maximum atomic E-state index is 13.5. The van der Waals surface area contributed by atoms with Crippen molar-refractivity contribution in [2.24, 2.45) is 0 Å². The monoisotopic (exact) mass is 382 g/mol. The van der Waals surface area contributed by atoms with Gasteiger partial charge < -0.3 is 4.74 Å². The predicted octanol–water partition coefficient (Wildman–Crippen LogP) is 2.41. The number of hydrogen-bond acceptors (Lipinski definition) is 6. The summed E-state index contributed by atoms with van der Waals surface area (Å²) < 4.78 is 44.6. The van der Waals surface area contributed by atoms with Crippen LogP contribution in [0.1, 0.15) is 5.56 Å². The molecule has 2 aromatic rings. The van der Waals surface area contributed by atoms with Crippen molar-refractivity contribution < 1.29 is 27.3 Å². The van der Waals surface area contributed by atoms with Crippen molar-refractivity contribution in [1.29, 1.82) is 0 Å². The Morgan fingerprint density at radius 1 is 1.27 bits per heavy atom. The summed E-state index contributed by atoms with van der Waals surface area (Å²) in [6, 6.07) is 7.99. The summed E-state index contributed by atoms with van der Waals surface area (Å²) in [4.78, 5) is 21.6. The van der Waals surface area contributed by atoms with Gasteiger partial charge in [-0.15, -0.1) is 0 Å². The summed E-state index contributed by atoms with van der Waals surface area (Å²) in [7, 11) is -3.31. The normalized spacial score (nSPS) is 11.0. The standard InChI is InChI=1S/C16H15FN2O6S/c1-11-6-7-14(9-15(11)19(21)22)26(23,24)18(10-16(20)25-2)13-5-3-4-12(17)8-13/h3-9H,10H2,1-2H3. The Bertz CT molecular complexity index is 961. The molecule has 2 aromatic carbocycles. The lowest BCUT2D eigenvalue weighted by Crippen LogP contribution is -2.36. The molecule has 0 spiro atoms. The van der Waals surface area contributed by atoms with Crippen molar-refractivity contribution in [1.82, 2.24) is 0 Å². The van der Waals surface area contributed by atoms with Crippen LogP contribution in [0, 0.1) is 22.9 Å². The minimum atomic E-state index is -4.39. The average Bonchev–Trinajstić information content (AvgIpc) is 2.59. The van der Waals surface area contributed by atoms with E-state index < -0.39 is 38.2 Å². The van der Waals surface area contributed by atoms with Crippen LogP contribution in [0.4, 0.5) is 15.8 Å². The second kappa shape index (κ2) is 7.48. The van der Waals surface area contributed by atoms with E-state index in [1.807, 2.05) is 0 Å². The van der Waals surface area contributed by atoms with Gasteiger partial charge in [-0.3, -0.25) is 19.2 Å². The fourth-order valence-corrected chi connectivity index (χ4v) is 3.62. The molecule has 8 nitrogen and oxygen atoms in total. The molecule has 0 aromatic heterocycles. The first-order valence-electron chi connectivity index (χ1n) is 7.27. The quantitative estimate of drug-likeness (QED) is 0.431. The number of methoxy groups -OCH3 is 1. The van der Waals surface area contributed by atoms with E-state index in [9.17, 15) is 27.7 Å². The Labute approximate surface area is 149 Å². The molecule has 0 atom stereocenters. The molecule has 0 radical (unpaired) electrons. The van der Waals surface area contributed by atoms with E-state index in [1.54, 1.807) is 0 Å². The summed E-state index contributed by atoms with van der Waals surface area (Å²) in [5.41, 5.74) is -0.221. The molecule has 0 saturated carbocycles. The molecule has 0 saturated heterocycles. The van der Waals surface area contributed by atoms with Gasteiger partial charge in [0.15, 0.2) is 0 Å². The van der Waals surface area contributed by atoms with Gasteiger partial charge in [-0.2, -0.15) is 0 Å². The van der Waals surface area contributed by atoms with Gasteiger partial charge in [-0.05, 0) is 31.2 Å². The van der Waals surface area contributed by atoms with Crippen LogP contribution in [0.25, 0.3) is 0 Å². The third kappa shape index (κ3) is 3.97. The van der Waals surface area contributed by atoms with Crippen molar-refractivity contribution in [3.05, 3.63) is 64.0 Å². The molecule has 0 unspecified atom stereocenters. The Balaban J connectivity index is 2.61. The second-order valence-corrected chi connectivity index (χ2v) is 7.14. The Morgan fingerprint density at radius 2 is 1.96 bits per heavy atom. The highest BCUT2D eigenvalue weighted by Gasteiger charge is 2.29. The van der Waals surface area contributed by atoms with E-state index in [4.69, 9.17) is 0 Å². The van der Waals surface area contributed by atoms with Crippen LogP contribution >= 0.6 is 0 Å². The number of halogens is 1. The summed E-state index contributed by atoms with van der Waals surface area (Å²) in [6.07, 6.45) is 0. The van der Waals surface area contributed by atoms with Crippen LogP contribution in [0.2, 0.25) is 0 Å². The molecule has 0 fully saturated rings. The minimum Gasteiger partial charge on any atom is -0.468 e. The number of aryl methyl sites for hydroxylation is 1. The van der Waals surface area contributed by atoms with Crippen molar-refractivity contribution >= 4 is 27.4 Å². The zero-order chi connectivity index (χ0) is 19.5. The van der Waals surface area contributed by atoms with Gasteiger partial charge >= 0.3 is 5.97 Å². The van der Waals surface area contributed by atoms with E-state index in [0.29, 0.717) is 4.31 Å². The molecule has 0 aliphatic heterocycles. The topological polar surface area (TPSA) is 107 Å². The maximum absolute atomic E-state index is 13.5. The van der Waals surface area contributed by atoms with Gasteiger partial charge in [0, 0.05) is 11.6 Å². The number of nitro benzene ring substituents is 1. The van der Waals surface area contributed by atoms with E-state index in [0.717, 1.165) is 25.3 Å². The number of rotatable bonds is 6. The molecule has 138 valence electrons. The van der Waals surface area contributed by atoms with Crippen LogP contribution in [0.3, 0.4) is 0 Å². The van der Waals surface area contributed by atoms with E-state index in [-0.39, 0.29) is 16.9 Å². The number of nitrogens with zero attached hydrogens (tertiary/aromatic N) is 2. The van der Waals surface area contributed by atoms with Gasteiger partial charge in [0.1, 0.15) is 12.4 Å². The van der Waals surface area contributed by atoms with Crippen LogP contribution < -0.4 is 4.31 Å². The Morgan fingerprint density at radius 3 is 2.54 bits per heavy atom. The number of hydrogen-bond donors (Lipinski definition) is 0.